The number of fused-ring (bicyclic) bond motifs is 1. The van der Waals surface area contributed by atoms with E-state index in [1.165, 1.54) is 17.3 Å². The zero-order valence-corrected chi connectivity index (χ0v) is 20.2. The number of carbonyl (C=O) groups is 1. The van der Waals surface area contributed by atoms with Crippen molar-refractivity contribution in [2.24, 2.45) is 0 Å². The van der Waals surface area contributed by atoms with E-state index in [1.807, 2.05) is 12.1 Å². The topological polar surface area (TPSA) is 35.6 Å². The van der Waals surface area contributed by atoms with E-state index in [0.29, 0.717) is 22.1 Å². The molecule has 1 aliphatic heterocycles. The Bertz CT molecular complexity index is 948. The fourth-order valence-corrected chi connectivity index (χ4v) is 4.38. The van der Waals surface area contributed by atoms with E-state index in [0.717, 1.165) is 37.3 Å². The molecule has 0 bridgehead atoms. The SMILES string of the molecule is CC(C)N(CCN1CCc2ccc(NC(=O)C=Cc3ccc(Cl)c(Cl)c3)cc21)C(C)C. The highest BCUT2D eigenvalue weighted by Gasteiger charge is 2.21. The molecule has 4 nitrogen and oxygen atoms in total. The summed E-state index contributed by atoms with van der Waals surface area (Å²) in [6, 6.07) is 12.5. The number of carbonyl (C=O) groups excluding carboxylic acids is 1. The molecule has 166 valence electrons. The summed E-state index contributed by atoms with van der Waals surface area (Å²) in [6.45, 7) is 12.0. The summed E-state index contributed by atoms with van der Waals surface area (Å²) in [4.78, 5) is 17.3. The lowest BCUT2D eigenvalue weighted by molar-refractivity contribution is -0.111. The average Bonchev–Trinajstić information content (AvgIpc) is 3.11. The van der Waals surface area contributed by atoms with Crippen LogP contribution in [0, 0.1) is 0 Å². The molecule has 0 radical (unpaired) electrons. The summed E-state index contributed by atoms with van der Waals surface area (Å²) in [5.74, 6) is -0.179. The van der Waals surface area contributed by atoms with Crippen LogP contribution < -0.4 is 10.2 Å². The zero-order chi connectivity index (χ0) is 22.5. The number of nitrogens with zero attached hydrogens (tertiary/aromatic N) is 2. The van der Waals surface area contributed by atoms with Gasteiger partial charge in [0, 0.05) is 49.2 Å². The third kappa shape index (κ3) is 6.25. The van der Waals surface area contributed by atoms with Crippen LogP contribution in [0.5, 0.6) is 0 Å². The van der Waals surface area contributed by atoms with Crippen molar-refractivity contribution in [3.05, 3.63) is 63.6 Å². The summed E-state index contributed by atoms with van der Waals surface area (Å²) in [7, 11) is 0. The van der Waals surface area contributed by atoms with Crippen LogP contribution in [0.2, 0.25) is 10.0 Å². The Morgan fingerprint density at radius 2 is 1.84 bits per heavy atom. The van der Waals surface area contributed by atoms with Crippen LogP contribution >= 0.6 is 23.2 Å². The van der Waals surface area contributed by atoms with E-state index in [-0.39, 0.29) is 5.91 Å². The van der Waals surface area contributed by atoms with Gasteiger partial charge < -0.3 is 10.2 Å². The first-order valence-electron chi connectivity index (χ1n) is 10.8. The molecule has 6 heteroatoms. The predicted molar refractivity (Wildman–Crippen MR) is 133 cm³/mol. The normalized spacial score (nSPS) is 13.6. The molecular formula is C25H31Cl2N3O. The van der Waals surface area contributed by atoms with E-state index >= 15 is 0 Å². The Morgan fingerprint density at radius 1 is 1.10 bits per heavy atom. The van der Waals surface area contributed by atoms with E-state index < -0.39 is 0 Å². The van der Waals surface area contributed by atoms with Gasteiger partial charge in [-0.15, -0.1) is 0 Å². The largest absolute Gasteiger partial charge is 0.370 e. The highest BCUT2D eigenvalue weighted by molar-refractivity contribution is 6.42. The fraction of sp³-hybridized carbons (Fsp3) is 0.400. The molecule has 1 N–H and O–H groups in total. The molecule has 0 spiro atoms. The molecule has 0 atom stereocenters. The van der Waals surface area contributed by atoms with Crippen molar-refractivity contribution < 1.29 is 4.79 Å². The van der Waals surface area contributed by atoms with Crippen molar-refractivity contribution >= 4 is 46.6 Å². The van der Waals surface area contributed by atoms with Crippen molar-refractivity contribution in [2.45, 2.75) is 46.2 Å². The summed E-state index contributed by atoms with van der Waals surface area (Å²) < 4.78 is 0. The number of amides is 1. The highest BCUT2D eigenvalue weighted by Crippen LogP contribution is 2.31. The summed E-state index contributed by atoms with van der Waals surface area (Å²) >= 11 is 12.0. The minimum atomic E-state index is -0.179. The second-order valence-electron chi connectivity index (χ2n) is 8.50. The Hall–Kier alpha value is -2.01. The van der Waals surface area contributed by atoms with Crippen molar-refractivity contribution in [3.8, 4) is 0 Å². The molecule has 2 aromatic carbocycles. The van der Waals surface area contributed by atoms with Gasteiger partial charge in [-0.1, -0.05) is 35.3 Å². The highest BCUT2D eigenvalue weighted by atomic mass is 35.5. The van der Waals surface area contributed by atoms with Gasteiger partial charge in [-0.2, -0.15) is 0 Å². The van der Waals surface area contributed by atoms with Crippen LogP contribution in [0.25, 0.3) is 6.08 Å². The first-order chi connectivity index (χ1) is 14.7. The predicted octanol–water partition coefficient (Wildman–Crippen LogP) is 6.13. The standard InChI is InChI=1S/C25H31Cl2N3O/c1-17(2)30(18(3)4)14-13-29-12-11-20-7-8-21(16-24(20)29)28-25(31)10-6-19-5-9-22(26)23(27)15-19/h5-10,15-18H,11-14H2,1-4H3,(H,28,31). The number of benzene rings is 2. The van der Waals surface area contributed by atoms with Gasteiger partial charge in [-0.05, 0) is 75.6 Å². The number of nitrogens with one attached hydrogen (secondary N) is 1. The smallest absolute Gasteiger partial charge is 0.248 e. The Morgan fingerprint density at radius 3 is 2.52 bits per heavy atom. The third-order valence-electron chi connectivity index (χ3n) is 5.67. The number of rotatable bonds is 8. The Kier molecular flexibility index (Phi) is 8.04. The lowest BCUT2D eigenvalue weighted by Crippen LogP contribution is -2.42. The number of halogens is 2. The molecule has 3 rings (SSSR count). The molecule has 2 aromatic rings. The summed E-state index contributed by atoms with van der Waals surface area (Å²) in [5, 5.41) is 3.93. The molecule has 0 fully saturated rings. The fourth-order valence-electron chi connectivity index (χ4n) is 4.08. The second kappa shape index (κ2) is 10.5. The third-order valence-corrected chi connectivity index (χ3v) is 6.41. The number of hydrogen-bond donors (Lipinski definition) is 1. The lowest BCUT2D eigenvalue weighted by atomic mass is 10.1. The molecule has 1 aliphatic rings. The van der Waals surface area contributed by atoms with Crippen molar-refractivity contribution in [3.63, 3.8) is 0 Å². The van der Waals surface area contributed by atoms with Crippen LogP contribution in [0.15, 0.2) is 42.5 Å². The number of anilines is 2. The maximum absolute atomic E-state index is 12.4. The average molecular weight is 460 g/mol. The first-order valence-corrected chi connectivity index (χ1v) is 11.6. The molecular weight excluding hydrogens is 429 g/mol. The quantitative estimate of drug-likeness (QED) is 0.482. The summed E-state index contributed by atoms with van der Waals surface area (Å²) in [5.41, 5.74) is 4.19. The maximum Gasteiger partial charge on any atom is 0.248 e. The molecule has 1 amide bonds. The molecule has 0 saturated carbocycles. The van der Waals surface area contributed by atoms with E-state index in [4.69, 9.17) is 23.2 Å². The minimum Gasteiger partial charge on any atom is -0.370 e. The van der Waals surface area contributed by atoms with Crippen LogP contribution in [0.1, 0.15) is 38.8 Å². The van der Waals surface area contributed by atoms with Crippen LogP contribution in [0.3, 0.4) is 0 Å². The molecule has 0 aromatic heterocycles. The lowest BCUT2D eigenvalue weighted by Gasteiger charge is -2.32. The summed E-state index contributed by atoms with van der Waals surface area (Å²) in [6.07, 6.45) is 4.28. The van der Waals surface area contributed by atoms with Gasteiger partial charge in [0.15, 0.2) is 0 Å². The van der Waals surface area contributed by atoms with Gasteiger partial charge >= 0.3 is 0 Å². The molecule has 0 unspecified atom stereocenters. The van der Waals surface area contributed by atoms with Gasteiger partial charge in [0.2, 0.25) is 5.91 Å². The van der Waals surface area contributed by atoms with Crippen molar-refractivity contribution in [1.82, 2.24) is 4.90 Å². The van der Waals surface area contributed by atoms with Gasteiger partial charge in [0.25, 0.3) is 0 Å². The van der Waals surface area contributed by atoms with E-state index in [9.17, 15) is 4.79 Å². The molecule has 1 heterocycles. The van der Waals surface area contributed by atoms with E-state index in [2.05, 4.69) is 54.9 Å². The first kappa shape index (κ1) is 23.6. The Balaban J connectivity index is 1.64. The monoisotopic (exact) mass is 459 g/mol. The van der Waals surface area contributed by atoms with Gasteiger partial charge in [-0.3, -0.25) is 9.69 Å². The zero-order valence-electron chi connectivity index (χ0n) is 18.7. The molecule has 0 aliphatic carbocycles. The van der Waals surface area contributed by atoms with E-state index in [1.54, 1.807) is 18.2 Å². The van der Waals surface area contributed by atoms with Gasteiger partial charge in [0.05, 0.1) is 10.0 Å². The maximum atomic E-state index is 12.4. The van der Waals surface area contributed by atoms with Crippen molar-refractivity contribution in [2.75, 3.05) is 29.9 Å². The van der Waals surface area contributed by atoms with Crippen LogP contribution in [-0.2, 0) is 11.2 Å². The number of hydrogen-bond acceptors (Lipinski definition) is 3. The van der Waals surface area contributed by atoms with Crippen molar-refractivity contribution in [1.29, 1.82) is 0 Å². The van der Waals surface area contributed by atoms with Gasteiger partial charge in [0.1, 0.15) is 0 Å². The molecule has 0 saturated heterocycles. The Labute approximate surface area is 195 Å². The van der Waals surface area contributed by atoms with Crippen LogP contribution in [0.4, 0.5) is 11.4 Å². The second-order valence-corrected chi connectivity index (χ2v) is 9.32. The molecule has 31 heavy (non-hydrogen) atoms. The minimum absolute atomic E-state index is 0.179. The van der Waals surface area contributed by atoms with Gasteiger partial charge in [-0.25, -0.2) is 0 Å². The van der Waals surface area contributed by atoms with Crippen LogP contribution in [-0.4, -0.2) is 42.5 Å².